The van der Waals surface area contributed by atoms with E-state index in [1.54, 1.807) is 13.2 Å². The zero-order valence-electron chi connectivity index (χ0n) is 12.3. The molecule has 0 spiro atoms. The molecule has 0 bridgehead atoms. The van der Waals surface area contributed by atoms with E-state index < -0.39 is 18.1 Å². The summed E-state index contributed by atoms with van der Waals surface area (Å²) in [7, 11) is 1.55. The number of hydrogen-bond donors (Lipinski definition) is 3. The van der Waals surface area contributed by atoms with E-state index in [2.05, 4.69) is 16.4 Å². The molecule has 0 aromatic carbocycles. The number of carboxylic acids is 1. The summed E-state index contributed by atoms with van der Waals surface area (Å²) in [6.07, 6.45) is 3.53. The fraction of sp³-hybridized carbons (Fsp3) is 0.600. The van der Waals surface area contributed by atoms with Crippen LogP contribution in [-0.2, 0) is 11.2 Å². The van der Waals surface area contributed by atoms with Crippen LogP contribution in [0.2, 0.25) is 0 Å². The van der Waals surface area contributed by atoms with Crippen LogP contribution in [-0.4, -0.2) is 40.4 Å². The molecule has 3 atom stereocenters. The van der Waals surface area contributed by atoms with Gasteiger partial charge in [-0.05, 0) is 56.8 Å². The second-order valence-electron chi connectivity index (χ2n) is 5.27. The number of nitrogens with one attached hydrogen (secondary N) is 1. The van der Waals surface area contributed by atoms with E-state index in [0.29, 0.717) is 0 Å². The fourth-order valence-electron chi connectivity index (χ4n) is 2.33. The second-order valence-corrected chi connectivity index (χ2v) is 5.27. The Morgan fingerprint density at radius 2 is 2.20 bits per heavy atom. The molecule has 0 amide bonds. The Morgan fingerprint density at radius 1 is 1.50 bits per heavy atom. The maximum atomic E-state index is 11.0. The monoisotopic (exact) mass is 280 g/mol. The van der Waals surface area contributed by atoms with Gasteiger partial charge >= 0.3 is 5.97 Å². The minimum atomic E-state index is -1.02. The first-order valence-electron chi connectivity index (χ1n) is 6.95. The van der Waals surface area contributed by atoms with Crippen LogP contribution < -0.4 is 5.32 Å². The molecule has 0 unspecified atom stereocenters. The van der Waals surface area contributed by atoms with E-state index >= 15 is 0 Å². The molecular formula is C15H24N2O3. The molecule has 20 heavy (non-hydrogen) atoms. The van der Waals surface area contributed by atoms with Gasteiger partial charge in [-0.1, -0.05) is 6.92 Å². The van der Waals surface area contributed by atoms with E-state index in [4.69, 9.17) is 5.11 Å². The fourth-order valence-corrected chi connectivity index (χ4v) is 2.33. The first-order chi connectivity index (χ1) is 9.45. The molecule has 5 nitrogen and oxygen atoms in total. The number of carboxylic acid groups (broad SMARTS) is 1. The van der Waals surface area contributed by atoms with Crippen LogP contribution in [0.3, 0.4) is 0 Å². The van der Waals surface area contributed by atoms with Crippen molar-refractivity contribution in [2.45, 2.75) is 45.3 Å². The van der Waals surface area contributed by atoms with Gasteiger partial charge in [-0.2, -0.15) is 0 Å². The highest BCUT2D eigenvalue weighted by atomic mass is 16.4. The lowest BCUT2D eigenvalue weighted by atomic mass is 9.92. The van der Waals surface area contributed by atoms with Gasteiger partial charge in [-0.25, -0.2) is 0 Å². The number of aliphatic hydroxyl groups is 1. The molecule has 1 rings (SSSR count). The number of nitrogens with zero attached hydrogens (tertiary/aromatic N) is 1. The predicted octanol–water partition coefficient (Wildman–Crippen LogP) is 1.38. The van der Waals surface area contributed by atoms with E-state index in [9.17, 15) is 9.90 Å². The summed E-state index contributed by atoms with van der Waals surface area (Å²) in [5, 5.41) is 21.7. The molecule has 3 N–H and O–H groups in total. The van der Waals surface area contributed by atoms with Gasteiger partial charge in [-0.15, -0.1) is 0 Å². The van der Waals surface area contributed by atoms with E-state index in [-0.39, 0.29) is 5.92 Å². The van der Waals surface area contributed by atoms with Crippen LogP contribution in [0.1, 0.15) is 31.0 Å². The first-order valence-corrected chi connectivity index (χ1v) is 6.95. The van der Waals surface area contributed by atoms with Gasteiger partial charge in [0.25, 0.3) is 0 Å². The number of likely N-dealkylation sites (N-methyl/N-ethyl adjacent to an activating group) is 1. The Balaban J connectivity index is 2.43. The van der Waals surface area contributed by atoms with Crippen molar-refractivity contribution < 1.29 is 15.0 Å². The third kappa shape index (κ3) is 4.90. The van der Waals surface area contributed by atoms with Gasteiger partial charge in [0.05, 0.1) is 6.10 Å². The Bertz CT molecular complexity index is 437. The van der Waals surface area contributed by atoms with E-state index in [1.165, 1.54) is 5.56 Å². The van der Waals surface area contributed by atoms with Crippen LogP contribution in [0.5, 0.6) is 0 Å². The molecule has 112 valence electrons. The number of aliphatic hydroxyl groups excluding tert-OH is 1. The lowest BCUT2D eigenvalue weighted by Gasteiger charge is -2.24. The molecule has 1 aromatic rings. The summed E-state index contributed by atoms with van der Waals surface area (Å²) in [4.78, 5) is 15.1. The van der Waals surface area contributed by atoms with Gasteiger partial charge in [0, 0.05) is 11.9 Å². The highest BCUT2D eigenvalue weighted by molar-refractivity contribution is 5.74. The van der Waals surface area contributed by atoms with Gasteiger partial charge in [0.2, 0.25) is 0 Å². The van der Waals surface area contributed by atoms with Crippen LogP contribution in [0.15, 0.2) is 18.3 Å². The molecule has 5 heteroatoms. The second kappa shape index (κ2) is 7.97. The molecule has 0 radical (unpaired) electrons. The third-order valence-corrected chi connectivity index (χ3v) is 3.59. The molecule has 0 aliphatic rings. The van der Waals surface area contributed by atoms with Gasteiger partial charge in [-0.3, -0.25) is 9.78 Å². The zero-order valence-corrected chi connectivity index (χ0v) is 12.3. The number of rotatable bonds is 8. The lowest BCUT2D eigenvalue weighted by Crippen LogP contribution is -2.47. The molecule has 0 aliphatic heterocycles. The lowest BCUT2D eigenvalue weighted by molar-refractivity contribution is -0.143. The molecule has 0 saturated heterocycles. The van der Waals surface area contributed by atoms with Crippen molar-refractivity contribution in [3.63, 3.8) is 0 Å². The van der Waals surface area contributed by atoms with Crippen LogP contribution in [0.4, 0.5) is 0 Å². The Kier molecular flexibility index (Phi) is 6.61. The van der Waals surface area contributed by atoms with Gasteiger partial charge in [0.15, 0.2) is 0 Å². The zero-order chi connectivity index (χ0) is 15.1. The molecular weight excluding hydrogens is 256 g/mol. The Hall–Kier alpha value is -1.46. The summed E-state index contributed by atoms with van der Waals surface area (Å²) in [5.74, 6) is -1.08. The molecule has 0 fully saturated rings. The summed E-state index contributed by atoms with van der Waals surface area (Å²) in [6.45, 7) is 3.84. The van der Waals surface area contributed by atoms with Crippen molar-refractivity contribution in [1.29, 1.82) is 0 Å². The third-order valence-electron chi connectivity index (χ3n) is 3.59. The van der Waals surface area contributed by atoms with Crippen molar-refractivity contribution in [3.8, 4) is 0 Å². The maximum Gasteiger partial charge on any atom is 0.323 e. The first kappa shape index (κ1) is 16.6. The normalized spacial score (nSPS) is 15.6. The minimum absolute atomic E-state index is 0.0634. The number of aliphatic carboxylic acids is 1. The van der Waals surface area contributed by atoms with E-state index in [0.717, 1.165) is 25.0 Å². The Morgan fingerprint density at radius 3 is 2.75 bits per heavy atom. The average Bonchev–Trinajstić information content (AvgIpc) is 2.38. The highest BCUT2D eigenvalue weighted by Gasteiger charge is 2.28. The quantitative estimate of drug-likeness (QED) is 0.670. The summed E-state index contributed by atoms with van der Waals surface area (Å²) >= 11 is 0. The van der Waals surface area contributed by atoms with Crippen LogP contribution in [0, 0.1) is 12.8 Å². The largest absolute Gasteiger partial charge is 0.480 e. The van der Waals surface area contributed by atoms with Crippen molar-refractivity contribution in [3.05, 3.63) is 29.6 Å². The van der Waals surface area contributed by atoms with Gasteiger partial charge < -0.3 is 15.5 Å². The van der Waals surface area contributed by atoms with Crippen LogP contribution in [0.25, 0.3) is 0 Å². The predicted molar refractivity (Wildman–Crippen MR) is 77.6 cm³/mol. The number of pyridine rings is 1. The van der Waals surface area contributed by atoms with Crippen molar-refractivity contribution >= 4 is 5.97 Å². The average molecular weight is 280 g/mol. The van der Waals surface area contributed by atoms with Crippen molar-refractivity contribution in [2.24, 2.45) is 5.92 Å². The van der Waals surface area contributed by atoms with Crippen molar-refractivity contribution in [2.75, 3.05) is 7.05 Å². The minimum Gasteiger partial charge on any atom is -0.480 e. The maximum absolute atomic E-state index is 11.0. The Labute approximate surface area is 120 Å². The summed E-state index contributed by atoms with van der Waals surface area (Å²) < 4.78 is 0. The van der Waals surface area contributed by atoms with E-state index in [1.807, 2.05) is 19.9 Å². The number of hydrogen-bond acceptors (Lipinski definition) is 4. The summed E-state index contributed by atoms with van der Waals surface area (Å²) in [5.41, 5.74) is 2.22. The van der Waals surface area contributed by atoms with Crippen molar-refractivity contribution in [1.82, 2.24) is 10.3 Å². The smallest absolute Gasteiger partial charge is 0.323 e. The topological polar surface area (TPSA) is 82.5 Å². The molecule has 0 aliphatic carbocycles. The number of aryl methyl sites for hydroxylation is 2. The van der Waals surface area contributed by atoms with Gasteiger partial charge in [0.1, 0.15) is 6.04 Å². The molecule has 0 saturated carbocycles. The molecule has 1 heterocycles. The number of aromatic nitrogens is 1. The van der Waals surface area contributed by atoms with Crippen LogP contribution >= 0.6 is 0 Å². The summed E-state index contributed by atoms with van der Waals surface area (Å²) in [6, 6.07) is 3.13. The number of carbonyl (C=O) groups is 1. The molecule has 1 aromatic heterocycles. The highest BCUT2D eigenvalue weighted by Crippen LogP contribution is 2.16. The SMILES string of the molecule is CN[C@H](C(=O)O)[C@H](O)[C@H](C)CCCc1ccnc(C)c1. The standard InChI is InChI=1S/C15H24N2O3/c1-10(14(18)13(16-3)15(19)20)5-4-6-12-7-8-17-11(2)9-12/h7-10,13-14,16,18H,4-6H2,1-3H3,(H,19,20)/t10-,13+,14-/m1/s1.